The van der Waals surface area contributed by atoms with Gasteiger partial charge in [-0.2, -0.15) is 0 Å². The second-order valence-corrected chi connectivity index (χ2v) is 5.02. The van der Waals surface area contributed by atoms with Crippen LogP contribution >= 0.6 is 15.9 Å². The highest BCUT2D eigenvalue weighted by Crippen LogP contribution is 2.29. The van der Waals surface area contributed by atoms with E-state index in [1.165, 1.54) is 5.56 Å². The van der Waals surface area contributed by atoms with Crippen molar-refractivity contribution in [1.82, 2.24) is 5.32 Å². The van der Waals surface area contributed by atoms with Crippen LogP contribution < -0.4 is 10.1 Å². The number of halogens is 1. The maximum atomic E-state index is 5.92. The van der Waals surface area contributed by atoms with Gasteiger partial charge in [-0.1, -0.05) is 22.0 Å². The van der Waals surface area contributed by atoms with Gasteiger partial charge in [0.05, 0.1) is 0 Å². The molecule has 1 saturated carbocycles. The van der Waals surface area contributed by atoms with Gasteiger partial charge in [-0.05, 0) is 44.5 Å². The third-order valence-electron chi connectivity index (χ3n) is 2.95. The number of aryl methyl sites for hydroxylation is 1. The summed E-state index contributed by atoms with van der Waals surface area (Å²) in [4.78, 5) is 0. The van der Waals surface area contributed by atoms with E-state index in [1.807, 2.05) is 19.2 Å². The molecule has 15 heavy (non-hydrogen) atoms. The van der Waals surface area contributed by atoms with Crippen LogP contribution in [0.25, 0.3) is 0 Å². The highest BCUT2D eigenvalue weighted by Gasteiger charge is 2.29. The molecule has 2 rings (SSSR count). The zero-order valence-electron chi connectivity index (χ0n) is 9.09. The standard InChI is InChI=1S/C12H16BrNO/c1-8-3-4-9(13)5-12(8)15-11-6-10(7-11)14-2/h3-5,10-11,14H,6-7H2,1-2H3. The van der Waals surface area contributed by atoms with Crippen LogP contribution in [0.2, 0.25) is 0 Å². The Hall–Kier alpha value is -0.540. The summed E-state index contributed by atoms with van der Waals surface area (Å²) in [7, 11) is 2.01. The van der Waals surface area contributed by atoms with E-state index in [4.69, 9.17) is 4.74 Å². The molecule has 82 valence electrons. The van der Waals surface area contributed by atoms with Gasteiger partial charge >= 0.3 is 0 Å². The minimum Gasteiger partial charge on any atom is -0.490 e. The van der Waals surface area contributed by atoms with Crippen molar-refractivity contribution in [3.63, 3.8) is 0 Å². The first kappa shape index (κ1) is 11.0. The third-order valence-corrected chi connectivity index (χ3v) is 3.44. The van der Waals surface area contributed by atoms with Crippen LogP contribution in [0.5, 0.6) is 5.75 Å². The molecule has 0 saturated heterocycles. The monoisotopic (exact) mass is 269 g/mol. The first-order valence-corrected chi connectivity index (χ1v) is 6.08. The van der Waals surface area contributed by atoms with Crippen LogP contribution in [0.1, 0.15) is 18.4 Å². The number of rotatable bonds is 3. The zero-order chi connectivity index (χ0) is 10.8. The van der Waals surface area contributed by atoms with E-state index in [2.05, 4.69) is 34.2 Å². The molecule has 1 aliphatic rings. The zero-order valence-corrected chi connectivity index (χ0v) is 10.7. The summed E-state index contributed by atoms with van der Waals surface area (Å²) in [6, 6.07) is 6.80. The highest BCUT2D eigenvalue weighted by atomic mass is 79.9. The van der Waals surface area contributed by atoms with Crippen LogP contribution in [-0.4, -0.2) is 19.2 Å². The van der Waals surface area contributed by atoms with Crippen LogP contribution in [0, 0.1) is 6.92 Å². The molecule has 0 aliphatic heterocycles. The van der Waals surface area contributed by atoms with E-state index in [9.17, 15) is 0 Å². The minimum atomic E-state index is 0.385. The summed E-state index contributed by atoms with van der Waals surface area (Å²) in [5.74, 6) is 1.00. The Kier molecular flexibility index (Phi) is 3.32. The Balaban J connectivity index is 1.97. The third kappa shape index (κ3) is 2.52. The average Bonchev–Trinajstić information content (AvgIpc) is 2.16. The van der Waals surface area contributed by atoms with Gasteiger partial charge in [-0.3, -0.25) is 0 Å². The highest BCUT2D eigenvalue weighted by molar-refractivity contribution is 9.10. The molecule has 0 atom stereocenters. The van der Waals surface area contributed by atoms with Crippen molar-refractivity contribution in [3.05, 3.63) is 28.2 Å². The van der Waals surface area contributed by atoms with Gasteiger partial charge in [0, 0.05) is 10.5 Å². The Morgan fingerprint density at radius 3 is 2.80 bits per heavy atom. The van der Waals surface area contributed by atoms with Gasteiger partial charge < -0.3 is 10.1 Å². The van der Waals surface area contributed by atoms with Crippen molar-refractivity contribution >= 4 is 15.9 Å². The van der Waals surface area contributed by atoms with Crippen molar-refractivity contribution in [2.24, 2.45) is 0 Å². The fourth-order valence-corrected chi connectivity index (χ4v) is 2.12. The Morgan fingerprint density at radius 1 is 1.40 bits per heavy atom. The predicted octanol–water partition coefficient (Wildman–Crippen LogP) is 2.89. The van der Waals surface area contributed by atoms with Crippen LogP contribution in [0.15, 0.2) is 22.7 Å². The lowest BCUT2D eigenvalue weighted by Gasteiger charge is -2.35. The smallest absolute Gasteiger partial charge is 0.123 e. The predicted molar refractivity (Wildman–Crippen MR) is 65.4 cm³/mol. The second-order valence-electron chi connectivity index (χ2n) is 4.11. The normalized spacial score (nSPS) is 24.7. The molecule has 0 amide bonds. The van der Waals surface area contributed by atoms with E-state index in [1.54, 1.807) is 0 Å². The summed E-state index contributed by atoms with van der Waals surface area (Å²) < 4.78 is 7.00. The largest absolute Gasteiger partial charge is 0.490 e. The Bertz CT molecular complexity index is 347. The van der Waals surface area contributed by atoms with E-state index in [-0.39, 0.29) is 0 Å². The van der Waals surface area contributed by atoms with Gasteiger partial charge in [0.15, 0.2) is 0 Å². The average molecular weight is 270 g/mol. The molecule has 0 aromatic heterocycles. The minimum absolute atomic E-state index is 0.385. The molecular weight excluding hydrogens is 254 g/mol. The molecule has 0 heterocycles. The Morgan fingerprint density at radius 2 is 2.13 bits per heavy atom. The molecule has 1 aliphatic carbocycles. The van der Waals surface area contributed by atoms with Crippen LogP contribution in [-0.2, 0) is 0 Å². The molecule has 0 unspecified atom stereocenters. The summed E-state index contributed by atoms with van der Waals surface area (Å²) in [5.41, 5.74) is 1.20. The number of hydrogen-bond donors (Lipinski definition) is 1. The summed E-state index contributed by atoms with van der Waals surface area (Å²) in [5, 5.41) is 3.25. The van der Waals surface area contributed by atoms with Gasteiger partial charge in [-0.15, -0.1) is 0 Å². The second kappa shape index (κ2) is 4.54. The van der Waals surface area contributed by atoms with Gasteiger partial charge in [0.1, 0.15) is 11.9 Å². The van der Waals surface area contributed by atoms with E-state index < -0.39 is 0 Å². The quantitative estimate of drug-likeness (QED) is 0.911. The maximum absolute atomic E-state index is 5.92. The molecule has 1 aromatic carbocycles. The molecule has 3 heteroatoms. The topological polar surface area (TPSA) is 21.3 Å². The van der Waals surface area contributed by atoms with Crippen LogP contribution in [0.4, 0.5) is 0 Å². The fraction of sp³-hybridized carbons (Fsp3) is 0.500. The van der Waals surface area contributed by atoms with E-state index >= 15 is 0 Å². The molecular formula is C12H16BrNO. The molecule has 2 nitrogen and oxygen atoms in total. The first-order chi connectivity index (χ1) is 7.19. The molecule has 0 bridgehead atoms. The fourth-order valence-electron chi connectivity index (χ4n) is 1.78. The van der Waals surface area contributed by atoms with Crippen molar-refractivity contribution in [2.45, 2.75) is 31.9 Å². The molecule has 1 fully saturated rings. The van der Waals surface area contributed by atoms with Crippen molar-refractivity contribution < 1.29 is 4.74 Å². The Labute approximate surface area is 99.1 Å². The van der Waals surface area contributed by atoms with E-state index in [0.717, 1.165) is 23.1 Å². The molecule has 1 aromatic rings. The summed E-state index contributed by atoms with van der Waals surface area (Å²) >= 11 is 3.46. The van der Waals surface area contributed by atoms with Crippen molar-refractivity contribution in [1.29, 1.82) is 0 Å². The maximum Gasteiger partial charge on any atom is 0.123 e. The molecule has 0 spiro atoms. The number of nitrogens with one attached hydrogen (secondary N) is 1. The van der Waals surface area contributed by atoms with Gasteiger partial charge in [-0.25, -0.2) is 0 Å². The first-order valence-electron chi connectivity index (χ1n) is 5.29. The number of ether oxygens (including phenoxy) is 1. The van der Waals surface area contributed by atoms with Gasteiger partial charge in [0.2, 0.25) is 0 Å². The summed E-state index contributed by atoms with van der Waals surface area (Å²) in [6.45, 7) is 2.08. The van der Waals surface area contributed by atoms with E-state index in [0.29, 0.717) is 12.1 Å². The molecule has 0 radical (unpaired) electrons. The lowest BCUT2D eigenvalue weighted by Crippen LogP contribution is -2.45. The molecule has 1 N–H and O–H groups in total. The van der Waals surface area contributed by atoms with Crippen molar-refractivity contribution in [3.8, 4) is 5.75 Å². The number of hydrogen-bond acceptors (Lipinski definition) is 2. The van der Waals surface area contributed by atoms with Crippen molar-refractivity contribution in [2.75, 3.05) is 7.05 Å². The summed E-state index contributed by atoms with van der Waals surface area (Å²) in [6.07, 6.45) is 2.61. The van der Waals surface area contributed by atoms with Crippen LogP contribution in [0.3, 0.4) is 0 Å². The van der Waals surface area contributed by atoms with Gasteiger partial charge in [0.25, 0.3) is 0 Å². The SMILES string of the molecule is CNC1CC(Oc2cc(Br)ccc2C)C1. The lowest BCUT2D eigenvalue weighted by atomic mass is 9.89. The lowest BCUT2D eigenvalue weighted by molar-refractivity contribution is 0.0877. The number of benzene rings is 1.